The molecule has 3 heterocycles. The maximum atomic E-state index is 9.40. The number of fused-ring (bicyclic) bond motifs is 1. The van der Waals surface area contributed by atoms with Crippen LogP contribution in [0, 0.1) is 25.2 Å². The minimum atomic E-state index is 0.621. The molecule has 6 nitrogen and oxygen atoms in total. The lowest BCUT2D eigenvalue weighted by molar-refractivity contribution is 0.171. The number of aromatic nitrogens is 1. The summed E-state index contributed by atoms with van der Waals surface area (Å²) in [4.78, 5) is 9.52. The van der Waals surface area contributed by atoms with Crippen LogP contribution in [0.15, 0.2) is 29.3 Å². The number of piperazine rings is 1. The molecule has 2 aliphatic rings. The van der Waals surface area contributed by atoms with Crippen molar-refractivity contribution in [3.8, 4) is 17.6 Å². The third-order valence-electron chi connectivity index (χ3n) is 5.79. The van der Waals surface area contributed by atoms with Crippen molar-refractivity contribution in [1.29, 1.82) is 5.26 Å². The number of aryl methyl sites for hydroxylation is 2. The van der Waals surface area contributed by atoms with E-state index in [9.17, 15) is 5.26 Å². The molecule has 0 spiro atoms. The van der Waals surface area contributed by atoms with E-state index in [4.69, 9.17) is 9.47 Å². The first-order chi connectivity index (χ1) is 15.2. The molecule has 1 aromatic heterocycles. The number of nitriles is 1. The van der Waals surface area contributed by atoms with Crippen LogP contribution in [0.3, 0.4) is 0 Å². The predicted octanol–water partition coefficient (Wildman–Crippen LogP) is 4.04. The Kier molecular flexibility index (Phi) is 7.21. The lowest BCUT2D eigenvalue weighted by Crippen LogP contribution is -2.46. The first-order valence-electron chi connectivity index (χ1n) is 11.0. The minimum Gasteiger partial charge on any atom is -0.486 e. The van der Waals surface area contributed by atoms with Gasteiger partial charge in [-0.15, -0.1) is 11.8 Å². The number of anilines is 1. The Balaban J connectivity index is 1.20. The molecular weight excluding hydrogens is 408 g/mol. The zero-order chi connectivity index (χ0) is 21.6. The number of thioether (sulfide) groups is 1. The largest absolute Gasteiger partial charge is 0.486 e. The Morgan fingerprint density at radius 2 is 1.90 bits per heavy atom. The summed E-state index contributed by atoms with van der Waals surface area (Å²) in [7, 11) is 0. The lowest BCUT2D eigenvalue weighted by Gasteiger charge is -2.37. The monoisotopic (exact) mass is 438 g/mol. The number of benzene rings is 1. The fourth-order valence-corrected chi connectivity index (χ4v) is 5.27. The zero-order valence-electron chi connectivity index (χ0n) is 18.4. The molecule has 0 aliphatic carbocycles. The molecular formula is C24H30N4O2S. The second-order valence-electron chi connectivity index (χ2n) is 8.06. The van der Waals surface area contributed by atoms with E-state index >= 15 is 0 Å². The highest BCUT2D eigenvalue weighted by molar-refractivity contribution is 7.99. The summed E-state index contributed by atoms with van der Waals surface area (Å²) >= 11 is 1.71. The van der Waals surface area contributed by atoms with Crippen molar-refractivity contribution in [3.63, 3.8) is 0 Å². The molecule has 1 aromatic carbocycles. The Morgan fingerprint density at radius 1 is 1.10 bits per heavy atom. The van der Waals surface area contributed by atoms with Gasteiger partial charge < -0.3 is 14.4 Å². The van der Waals surface area contributed by atoms with Gasteiger partial charge in [-0.25, -0.2) is 4.98 Å². The highest BCUT2D eigenvalue weighted by Crippen LogP contribution is 2.39. The Morgan fingerprint density at radius 3 is 2.71 bits per heavy atom. The van der Waals surface area contributed by atoms with Crippen molar-refractivity contribution in [2.45, 2.75) is 31.7 Å². The van der Waals surface area contributed by atoms with Gasteiger partial charge in [0.15, 0.2) is 11.5 Å². The molecule has 2 aliphatic heterocycles. The molecule has 7 heteroatoms. The molecule has 4 rings (SSSR count). The molecule has 1 fully saturated rings. The molecule has 0 N–H and O–H groups in total. The maximum absolute atomic E-state index is 9.40. The third kappa shape index (κ3) is 5.25. The van der Waals surface area contributed by atoms with Gasteiger partial charge in [-0.1, -0.05) is 6.07 Å². The summed E-state index contributed by atoms with van der Waals surface area (Å²) in [6, 6.07) is 10.5. The average molecular weight is 439 g/mol. The second kappa shape index (κ2) is 10.3. The van der Waals surface area contributed by atoms with E-state index in [0.29, 0.717) is 13.2 Å². The van der Waals surface area contributed by atoms with Crippen LogP contribution < -0.4 is 14.4 Å². The van der Waals surface area contributed by atoms with Crippen LogP contribution in [0.1, 0.15) is 29.7 Å². The van der Waals surface area contributed by atoms with Gasteiger partial charge >= 0.3 is 0 Å². The summed E-state index contributed by atoms with van der Waals surface area (Å²) in [6.45, 7) is 10.5. The molecule has 0 radical (unpaired) electrons. The Labute approximate surface area is 189 Å². The maximum Gasteiger partial charge on any atom is 0.184 e. The van der Waals surface area contributed by atoms with Gasteiger partial charge in [-0.05, 0) is 62.7 Å². The van der Waals surface area contributed by atoms with Crippen molar-refractivity contribution >= 4 is 17.4 Å². The fraction of sp³-hybridized carbons (Fsp3) is 0.500. The topological polar surface area (TPSA) is 61.6 Å². The number of rotatable bonds is 7. The van der Waals surface area contributed by atoms with Gasteiger partial charge in [0.05, 0.1) is 11.3 Å². The van der Waals surface area contributed by atoms with Gasteiger partial charge in [-0.3, -0.25) is 4.90 Å². The van der Waals surface area contributed by atoms with E-state index in [1.165, 1.54) is 0 Å². The van der Waals surface area contributed by atoms with Crippen LogP contribution in [-0.4, -0.2) is 61.6 Å². The molecule has 0 amide bonds. The van der Waals surface area contributed by atoms with E-state index in [1.807, 2.05) is 26.0 Å². The smallest absolute Gasteiger partial charge is 0.184 e. The number of hydrogen-bond donors (Lipinski definition) is 0. The number of hydrogen-bond acceptors (Lipinski definition) is 7. The molecule has 0 bridgehead atoms. The molecule has 164 valence electrons. The zero-order valence-corrected chi connectivity index (χ0v) is 19.2. The molecule has 0 saturated carbocycles. The van der Waals surface area contributed by atoms with Crippen LogP contribution in [-0.2, 0) is 0 Å². The van der Waals surface area contributed by atoms with Crippen molar-refractivity contribution in [2.75, 3.05) is 56.6 Å². The van der Waals surface area contributed by atoms with E-state index in [0.717, 1.165) is 90.4 Å². The van der Waals surface area contributed by atoms with Crippen LogP contribution in [0.25, 0.3) is 0 Å². The number of ether oxygens (including phenoxy) is 2. The van der Waals surface area contributed by atoms with Gasteiger partial charge in [0.25, 0.3) is 0 Å². The first-order valence-corrected chi connectivity index (χ1v) is 12.0. The van der Waals surface area contributed by atoms with E-state index < -0.39 is 0 Å². The summed E-state index contributed by atoms with van der Waals surface area (Å²) < 4.78 is 11.6. The predicted molar refractivity (Wildman–Crippen MR) is 124 cm³/mol. The Bertz CT molecular complexity index is 951. The highest BCUT2D eigenvalue weighted by Gasteiger charge is 2.23. The molecule has 2 aromatic rings. The average Bonchev–Trinajstić information content (AvgIpc) is 2.79. The van der Waals surface area contributed by atoms with Crippen molar-refractivity contribution in [1.82, 2.24) is 9.88 Å². The SMILES string of the molecule is Cc1cc(C)c(C#N)c(SCCCCN2CCN(c3cccc4c3OCCO4)CC2)n1. The minimum absolute atomic E-state index is 0.621. The molecule has 0 atom stereocenters. The molecule has 0 unspecified atom stereocenters. The number of nitrogens with zero attached hydrogens (tertiary/aromatic N) is 4. The number of pyridine rings is 1. The Hall–Kier alpha value is -2.43. The van der Waals surface area contributed by atoms with Gasteiger partial charge in [-0.2, -0.15) is 5.26 Å². The van der Waals surface area contributed by atoms with Gasteiger partial charge in [0, 0.05) is 31.9 Å². The van der Waals surface area contributed by atoms with Crippen LogP contribution in [0.5, 0.6) is 11.5 Å². The van der Waals surface area contributed by atoms with Crippen LogP contribution in [0.4, 0.5) is 5.69 Å². The summed E-state index contributed by atoms with van der Waals surface area (Å²) in [5.74, 6) is 2.76. The van der Waals surface area contributed by atoms with E-state index in [2.05, 4.69) is 33.0 Å². The standard InChI is InChI=1S/C24H30N4O2S/c1-18-16-19(2)26-24(20(18)17-25)31-15-4-3-8-27-9-11-28(12-10-27)21-6-5-7-22-23(21)30-14-13-29-22/h5-7,16H,3-4,8-15H2,1-2H3. The van der Waals surface area contributed by atoms with Gasteiger partial charge in [0.2, 0.25) is 0 Å². The fourth-order valence-electron chi connectivity index (χ4n) is 4.17. The van der Waals surface area contributed by atoms with Gasteiger partial charge in [0.1, 0.15) is 24.3 Å². The molecule has 1 saturated heterocycles. The van der Waals surface area contributed by atoms with Crippen molar-refractivity contribution in [2.24, 2.45) is 0 Å². The summed E-state index contributed by atoms with van der Waals surface area (Å²) in [5, 5.41) is 10.3. The van der Waals surface area contributed by atoms with Crippen molar-refractivity contribution < 1.29 is 9.47 Å². The lowest BCUT2D eigenvalue weighted by atomic mass is 10.1. The molecule has 31 heavy (non-hydrogen) atoms. The summed E-state index contributed by atoms with van der Waals surface area (Å²) in [6.07, 6.45) is 2.29. The van der Waals surface area contributed by atoms with Crippen molar-refractivity contribution in [3.05, 3.63) is 41.1 Å². The quantitative estimate of drug-likeness (QED) is 0.478. The summed E-state index contributed by atoms with van der Waals surface area (Å²) in [5.41, 5.74) is 3.88. The normalized spacial score (nSPS) is 16.2. The van der Waals surface area contributed by atoms with Crippen LogP contribution >= 0.6 is 11.8 Å². The third-order valence-corrected chi connectivity index (χ3v) is 6.85. The second-order valence-corrected chi connectivity index (χ2v) is 9.14. The number of para-hydroxylation sites is 1. The van der Waals surface area contributed by atoms with E-state index in [1.54, 1.807) is 11.8 Å². The van der Waals surface area contributed by atoms with E-state index in [-0.39, 0.29) is 0 Å². The van der Waals surface area contributed by atoms with Crippen LogP contribution in [0.2, 0.25) is 0 Å². The highest BCUT2D eigenvalue weighted by atomic mass is 32.2. The first kappa shape index (κ1) is 21.8. The number of unbranched alkanes of at least 4 members (excludes halogenated alkanes) is 1.